The zero-order valence-corrected chi connectivity index (χ0v) is 18.8. The minimum absolute atomic E-state index is 0.00853. The third kappa shape index (κ3) is 8.07. The molecule has 13 heteroatoms. The largest absolute Gasteiger partial charge is 0.465 e. The lowest BCUT2D eigenvalue weighted by Crippen LogP contribution is -2.29. The summed E-state index contributed by atoms with van der Waals surface area (Å²) in [4.78, 5) is 57.9. The molecule has 0 spiro atoms. The van der Waals surface area contributed by atoms with E-state index in [2.05, 4.69) is 20.6 Å². The Kier molecular flexibility index (Phi) is 10.3. The van der Waals surface area contributed by atoms with Gasteiger partial charge in [0.1, 0.15) is 10.6 Å². The van der Waals surface area contributed by atoms with Crippen molar-refractivity contribution in [3.05, 3.63) is 15.6 Å². The molecule has 0 radical (unpaired) electrons. The molecule has 0 bridgehead atoms. The van der Waals surface area contributed by atoms with E-state index in [0.717, 1.165) is 11.3 Å². The van der Waals surface area contributed by atoms with Crippen molar-refractivity contribution in [3.63, 3.8) is 0 Å². The van der Waals surface area contributed by atoms with E-state index in [1.807, 2.05) is 19.0 Å². The van der Waals surface area contributed by atoms with Crippen LogP contribution in [0.4, 0.5) is 4.79 Å². The van der Waals surface area contributed by atoms with E-state index in [9.17, 15) is 19.2 Å². The van der Waals surface area contributed by atoms with Crippen molar-refractivity contribution in [1.82, 2.24) is 20.5 Å². The van der Waals surface area contributed by atoms with Crippen LogP contribution in [0.2, 0.25) is 0 Å². The van der Waals surface area contributed by atoms with Gasteiger partial charge in [0, 0.05) is 19.6 Å². The van der Waals surface area contributed by atoms with Crippen LogP contribution in [0, 0.1) is 0 Å². The average Bonchev–Trinajstić information content (AvgIpc) is 3.19. The predicted octanol–water partition coefficient (Wildman–Crippen LogP) is -0.0546. The fourth-order valence-corrected chi connectivity index (χ4v) is 3.50. The third-order valence-electron chi connectivity index (χ3n) is 4.16. The van der Waals surface area contributed by atoms with Gasteiger partial charge in [0.05, 0.1) is 45.1 Å². The summed E-state index contributed by atoms with van der Waals surface area (Å²) >= 11 is 0.902. The van der Waals surface area contributed by atoms with Crippen LogP contribution in [0.3, 0.4) is 0 Å². The molecule has 3 N–H and O–H groups in total. The van der Waals surface area contributed by atoms with E-state index < -0.39 is 17.8 Å². The molecule has 0 fully saturated rings. The molecule has 176 valence electrons. The van der Waals surface area contributed by atoms with E-state index in [4.69, 9.17) is 14.6 Å². The fourth-order valence-electron chi connectivity index (χ4n) is 2.59. The van der Waals surface area contributed by atoms with Crippen LogP contribution in [0.15, 0.2) is 4.99 Å². The van der Waals surface area contributed by atoms with Gasteiger partial charge < -0.3 is 30.1 Å². The summed E-state index contributed by atoms with van der Waals surface area (Å²) in [7, 11) is 3.78. The van der Waals surface area contributed by atoms with E-state index in [0.29, 0.717) is 13.1 Å². The van der Waals surface area contributed by atoms with Crippen LogP contribution in [0.25, 0.3) is 0 Å². The van der Waals surface area contributed by atoms with E-state index in [1.165, 1.54) is 0 Å². The second-order valence-corrected chi connectivity index (χ2v) is 7.97. The number of carboxylic acid groups (broad SMARTS) is 1. The minimum Gasteiger partial charge on any atom is -0.465 e. The van der Waals surface area contributed by atoms with Crippen molar-refractivity contribution >= 4 is 40.6 Å². The van der Waals surface area contributed by atoms with E-state index in [-0.39, 0.29) is 73.0 Å². The van der Waals surface area contributed by atoms with Gasteiger partial charge in [-0.3, -0.25) is 19.4 Å². The molecule has 32 heavy (non-hydrogen) atoms. The Morgan fingerprint density at radius 2 is 1.78 bits per heavy atom. The second kappa shape index (κ2) is 13.0. The smallest absolute Gasteiger partial charge is 0.404 e. The minimum atomic E-state index is -1.11. The standard InChI is InChI=1S/C19H27N5O7S/c1-24(2)6-3-20-12-11-13(25)16-14(15(12)26)23-18(32-16)17(27)21-4-7-30-9-10-31-8-5-22-19(28)29/h22H,3-11H2,1-2H3,(H,21,27)(H,28,29). The van der Waals surface area contributed by atoms with Crippen LogP contribution >= 0.6 is 11.3 Å². The molecule has 12 nitrogen and oxygen atoms in total. The predicted molar refractivity (Wildman–Crippen MR) is 116 cm³/mol. The molecule has 0 unspecified atom stereocenters. The van der Waals surface area contributed by atoms with Gasteiger partial charge in [-0.15, -0.1) is 11.3 Å². The topological polar surface area (TPSA) is 160 Å². The normalized spacial score (nSPS) is 14.7. The summed E-state index contributed by atoms with van der Waals surface area (Å²) < 4.78 is 10.5. The molecule has 1 heterocycles. The number of hydrogen-bond donors (Lipinski definition) is 3. The molecular weight excluding hydrogens is 442 g/mol. The molecule has 2 amide bonds. The summed E-state index contributed by atoms with van der Waals surface area (Å²) in [6.45, 7) is 2.50. The van der Waals surface area contributed by atoms with Gasteiger partial charge in [-0.25, -0.2) is 9.78 Å². The first-order valence-corrected chi connectivity index (χ1v) is 10.8. The van der Waals surface area contributed by atoms with Gasteiger partial charge in [0.2, 0.25) is 5.78 Å². The van der Waals surface area contributed by atoms with Crippen molar-refractivity contribution in [2.45, 2.75) is 6.42 Å². The van der Waals surface area contributed by atoms with Crippen LogP contribution in [-0.4, -0.2) is 111 Å². The van der Waals surface area contributed by atoms with Crippen LogP contribution < -0.4 is 10.6 Å². The summed E-state index contributed by atoms with van der Waals surface area (Å²) in [6.07, 6.45) is -1.19. The zero-order chi connectivity index (χ0) is 23.5. The Balaban J connectivity index is 1.74. The summed E-state index contributed by atoms with van der Waals surface area (Å²) in [5.41, 5.74) is 0.168. The van der Waals surface area contributed by atoms with E-state index >= 15 is 0 Å². The Hall–Kier alpha value is -2.74. The highest BCUT2D eigenvalue weighted by Crippen LogP contribution is 2.26. The van der Waals surface area contributed by atoms with Crippen molar-refractivity contribution in [2.24, 2.45) is 4.99 Å². The summed E-state index contributed by atoms with van der Waals surface area (Å²) in [5.74, 6) is -1.16. The number of hydrogen-bond acceptors (Lipinski definition) is 10. The highest BCUT2D eigenvalue weighted by molar-refractivity contribution is 7.16. The van der Waals surface area contributed by atoms with Gasteiger partial charge in [0.25, 0.3) is 5.91 Å². The maximum Gasteiger partial charge on any atom is 0.404 e. The molecule has 0 saturated heterocycles. The van der Waals surface area contributed by atoms with Crippen molar-refractivity contribution < 1.29 is 33.8 Å². The molecule has 2 rings (SSSR count). The molecule has 0 atom stereocenters. The van der Waals surface area contributed by atoms with Crippen molar-refractivity contribution in [3.8, 4) is 0 Å². The number of carbonyl (C=O) groups excluding carboxylic acids is 3. The highest BCUT2D eigenvalue weighted by atomic mass is 32.1. The number of thiazole rings is 1. The van der Waals surface area contributed by atoms with Gasteiger partial charge in [-0.05, 0) is 14.1 Å². The number of rotatable bonds is 13. The lowest BCUT2D eigenvalue weighted by Gasteiger charge is -2.11. The van der Waals surface area contributed by atoms with Gasteiger partial charge in [-0.1, -0.05) is 0 Å². The van der Waals surface area contributed by atoms with Gasteiger partial charge in [0.15, 0.2) is 10.8 Å². The average molecular weight is 470 g/mol. The number of aliphatic imine (C=N–C) groups is 1. The number of ether oxygens (including phenoxy) is 2. The number of Topliss-reactive ketones (excluding diaryl/α,β-unsaturated/α-hetero) is 2. The number of ketones is 2. The molecular formula is C19H27N5O7S. The summed E-state index contributed by atoms with van der Waals surface area (Å²) in [5, 5.41) is 13.2. The Morgan fingerprint density at radius 3 is 2.41 bits per heavy atom. The van der Waals surface area contributed by atoms with Gasteiger partial charge >= 0.3 is 6.09 Å². The number of fused-ring (bicyclic) bond motifs is 1. The van der Waals surface area contributed by atoms with Gasteiger partial charge in [-0.2, -0.15) is 0 Å². The van der Waals surface area contributed by atoms with Crippen molar-refractivity contribution in [1.29, 1.82) is 0 Å². The fraction of sp³-hybridized carbons (Fsp3) is 0.579. The first-order valence-electron chi connectivity index (χ1n) is 9.96. The second-order valence-electron chi connectivity index (χ2n) is 6.97. The Labute approximate surface area is 189 Å². The van der Waals surface area contributed by atoms with Crippen molar-refractivity contribution in [2.75, 3.05) is 66.7 Å². The first-order chi connectivity index (χ1) is 15.3. The molecule has 0 saturated carbocycles. The zero-order valence-electron chi connectivity index (χ0n) is 18.0. The maximum absolute atomic E-state index is 12.6. The third-order valence-corrected chi connectivity index (χ3v) is 5.25. The lowest BCUT2D eigenvalue weighted by atomic mass is 9.98. The van der Waals surface area contributed by atoms with Crippen LogP contribution in [0.5, 0.6) is 0 Å². The lowest BCUT2D eigenvalue weighted by molar-refractivity contribution is 0.0493. The van der Waals surface area contributed by atoms with E-state index in [1.54, 1.807) is 0 Å². The van der Waals surface area contributed by atoms with Crippen LogP contribution in [-0.2, 0) is 9.47 Å². The Morgan fingerprint density at radius 1 is 1.12 bits per heavy atom. The number of carbonyl (C=O) groups is 4. The number of nitrogens with zero attached hydrogens (tertiary/aromatic N) is 3. The quantitative estimate of drug-likeness (QED) is 0.336. The number of nitrogens with one attached hydrogen (secondary N) is 2. The Bertz CT molecular complexity index is 868. The molecule has 0 aliphatic heterocycles. The van der Waals surface area contributed by atoms with Crippen LogP contribution in [0.1, 0.15) is 36.4 Å². The monoisotopic (exact) mass is 469 g/mol. The SMILES string of the molecule is CN(C)CCN=C1CC(=O)c2sc(C(=O)NCCOCCOCCNC(=O)O)nc2C1=O. The molecule has 0 aromatic carbocycles. The number of amides is 2. The number of aromatic nitrogens is 1. The molecule has 1 aliphatic rings. The maximum atomic E-state index is 12.6. The number of likely N-dealkylation sites (N-methyl/N-ethyl adjacent to an activating group) is 1. The molecule has 1 aromatic heterocycles. The molecule has 1 aromatic rings. The first kappa shape index (κ1) is 25.5. The highest BCUT2D eigenvalue weighted by Gasteiger charge is 2.34. The summed E-state index contributed by atoms with van der Waals surface area (Å²) in [6, 6.07) is 0. The molecule has 1 aliphatic carbocycles.